The van der Waals surface area contributed by atoms with Gasteiger partial charge in [-0.2, -0.15) is 0 Å². The summed E-state index contributed by atoms with van der Waals surface area (Å²) in [7, 11) is 1.64. The summed E-state index contributed by atoms with van der Waals surface area (Å²) < 4.78 is 6.71. The van der Waals surface area contributed by atoms with Crippen LogP contribution in [0.25, 0.3) is 11.3 Å². The first kappa shape index (κ1) is 21.8. The van der Waals surface area contributed by atoms with Crippen molar-refractivity contribution in [3.8, 4) is 11.3 Å². The van der Waals surface area contributed by atoms with Crippen LogP contribution in [0.2, 0.25) is 5.02 Å². The van der Waals surface area contributed by atoms with Gasteiger partial charge < -0.3 is 15.2 Å². The van der Waals surface area contributed by atoms with Gasteiger partial charge in [0.2, 0.25) is 0 Å². The summed E-state index contributed by atoms with van der Waals surface area (Å²) in [5.74, 6) is -1.44. The molecule has 1 heterocycles. The minimum Gasteiger partial charge on any atom is -0.481 e. The molecular formula is C19H25ClN4O4. The molecule has 0 unspecified atom stereocenters. The fraction of sp³-hybridized carbons (Fsp3) is 0.474. The number of carboxylic acids is 1. The van der Waals surface area contributed by atoms with Gasteiger partial charge >= 0.3 is 5.97 Å². The van der Waals surface area contributed by atoms with Crippen molar-refractivity contribution in [1.29, 1.82) is 0 Å². The van der Waals surface area contributed by atoms with Crippen LogP contribution < -0.4 is 5.32 Å². The Labute approximate surface area is 168 Å². The Morgan fingerprint density at radius 2 is 2.11 bits per heavy atom. The number of benzene rings is 1. The molecule has 1 atom stereocenters. The maximum Gasteiger partial charge on any atom is 0.311 e. The van der Waals surface area contributed by atoms with Gasteiger partial charge in [0.15, 0.2) is 0 Å². The monoisotopic (exact) mass is 408 g/mol. The zero-order chi connectivity index (χ0) is 20.9. The van der Waals surface area contributed by atoms with E-state index in [-0.39, 0.29) is 10.6 Å². The number of amides is 1. The van der Waals surface area contributed by atoms with Gasteiger partial charge in [0, 0.05) is 31.9 Å². The summed E-state index contributed by atoms with van der Waals surface area (Å²) in [5, 5.41) is 20.5. The average Bonchev–Trinajstić information content (AvgIpc) is 3.10. The van der Waals surface area contributed by atoms with Crippen LogP contribution in [-0.4, -0.2) is 51.7 Å². The lowest BCUT2D eigenvalue weighted by molar-refractivity contribution is -0.148. The van der Waals surface area contributed by atoms with Crippen molar-refractivity contribution >= 4 is 23.5 Å². The maximum atomic E-state index is 12.7. The van der Waals surface area contributed by atoms with E-state index in [4.69, 9.17) is 16.3 Å². The minimum absolute atomic E-state index is 0.240. The number of halogens is 1. The number of carboxylic acid groups (broad SMARTS) is 1. The van der Waals surface area contributed by atoms with E-state index in [1.165, 1.54) is 0 Å². The third-order valence-electron chi connectivity index (χ3n) is 4.77. The molecule has 152 valence electrons. The second kappa shape index (κ2) is 9.16. The third kappa shape index (κ3) is 4.88. The molecule has 0 bridgehead atoms. The summed E-state index contributed by atoms with van der Waals surface area (Å²) in [6, 6.07) is 4.45. The molecule has 8 nitrogen and oxygen atoms in total. The van der Waals surface area contributed by atoms with E-state index >= 15 is 0 Å². The van der Waals surface area contributed by atoms with E-state index < -0.39 is 23.3 Å². The first-order valence-electron chi connectivity index (χ1n) is 8.90. The first-order chi connectivity index (χ1) is 13.2. The summed E-state index contributed by atoms with van der Waals surface area (Å²) in [6.45, 7) is 6.03. The Balaban J connectivity index is 2.21. The number of rotatable bonds is 9. The van der Waals surface area contributed by atoms with Crippen molar-refractivity contribution in [3.63, 3.8) is 0 Å². The number of nitrogens with one attached hydrogen (secondary N) is 1. The molecule has 2 aromatic rings. The van der Waals surface area contributed by atoms with Gasteiger partial charge in [-0.15, -0.1) is 5.10 Å². The molecule has 28 heavy (non-hydrogen) atoms. The fourth-order valence-electron chi connectivity index (χ4n) is 2.45. The number of methoxy groups -OCH3 is 1. The van der Waals surface area contributed by atoms with Crippen LogP contribution in [0, 0.1) is 5.41 Å². The zero-order valence-corrected chi connectivity index (χ0v) is 17.2. The second-order valence-electron chi connectivity index (χ2n) is 7.10. The highest BCUT2D eigenvalue weighted by atomic mass is 35.5. The van der Waals surface area contributed by atoms with Crippen LogP contribution in [0.3, 0.4) is 0 Å². The molecule has 0 fully saturated rings. The summed E-state index contributed by atoms with van der Waals surface area (Å²) in [5.41, 5.74) is 0.263. The normalized spacial score (nSPS) is 12.6. The molecule has 1 aromatic heterocycles. The quantitative estimate of drug-likeness (QED) is 0.618. The van der Waals surface area contributed by atoms with Crippen LogP contribution in [0.5, 0.6) is 0 Å². The Bertz CT molecular complexity index is 850. The van der Waals surface area contributed by atoms with Gasteiger partial charge in [-0.25, -0.2) is 0 Å². The maximum absolute atomic E-state index is 12.7. The van der Waals surface area contributed by atoms with E-state index in [0.717, 1.165) is 6.42 Å². The molecule has 2 rings (SSSR count). The van der Waals surface area contributed by atoms with Crippen LogP contribution >= 0.6 is 11.6 Å². The molecular weight excluding hydrogens is 384 g/mol. The van der Waals surface area contributed by atoms with Gasteiger partial charge in [-0.3, -0.25) is 14.3 Å². The van der Waals surface area contributed by atoms with Gasteiger partial charge in [0.05, 0.1) is 22.2 Å². The lowest BCUT2D eigenvalue weighted by atomic mass is 9.85. The molecule has 0 spiro atoms. The number of hydrogen-bond donors (Lipinski definition) is 2. The Morgan fingerprint density at radius 1 is 1.39 bits per heavy atom. The summed E-state index contributed by atoms with van der Waals surface area (Å²) in [4.78, 5) is 24.0. The molecule has 1 amide bonds. The van der Waals surface area contributed by atoms with E-state index in [1.807, 2.05) is 0 Å². The summed E-state index contributed by atoms with van der Waals surface area (Å²) >= 11 is 6.46. The lowest BCUT2D eigenvalue weighted by Gasteiger charge is -2.28. The van der Waals surface area contributed by atoms with Crippen molar-refractivity contribution in [2.75, 3.05) is 13.7 Å². The molecule has 0 radical (unpaired) electrons. The highest BCUT2D eigenvalue weighted by Gasteiger charge is 2.35. The number of carbonyl (C=O) groups excluding carboxylic acids is 1. The smallest absolute Gasteiger partial charge is 0.311 e. The molecule has 1 aromatic carbocycles. The number of carbonyl (C=O) groups is 2. The fourth-order valence-corrected chi connectivity index (χ4v) is 2.76. The number of nitrogens with zero attached hydrogens (tertiary/aromatic N) is 3. The predicted octanol–water partition coefficient (Wildman–Crippen LogP) is 2.86. The molecule has 0 aliphatic heterocycles. The van der Waals surface area contributed by atoms with Crippen LogP contribution in [0.1, 0.15) is 37.6 Å². The second-order valence-corrected chi connectivity index (χ2v) is 7.48. The molecule has 9 heteroatoms. The number of aromatic nitrogens is 3. The molecule has 0 aliphatic rings. The first-order valence-corrected chi connectivity index (χ1v) is 9.28. The minimum atomic E-state index is -1.12. The molecule has 0 saturated heterocycles. The largest absolute Gasteiger partial charge is 0.481 e. The SMILES string of the molecule is COCCCn1cc(-c2cccc(C(=O)N[C@H](C)C(C)(C)C(=O)O)c2Cl)nn1. The Hall–Kier alpha value is -2.45. The highest BCUT2D eigenvalue weighted by Crippen LogP contribution is 2.30. The summed E-state index contributed by atoms with van der Waals surface area (Å²) in [6.07, 6.45) is 2.56. The standard InChI is InChI=1S/C19H25ClN4O4/c1-12(19(2,3)18(26)27)21-17(25)14-8-5-7-13(16(14)20)15-11-24(23-22-15)9-6-10-28-4/h5,7-8,11-12H,6,9-10H2,1-4H3,(H,21,25)(H,26,27)/t12-/m1/s1. The topological polar surface area (TPSA) is 106 Å². The van der Waals surface area contributed by atoms with Crippen LogP contribution in [0.15, 0.2) is 24.4 Å². The lowest BCUT2D eigenvalue weighted by Crippen LogP contribution is -2.47. The molecule has 0 saturated carbocycles. The Morgan fingerprint density at radius 3 is 2.75 bits per heavy atom. The van der Waals surface area contributed by atoms with E-state index in [2.05, 4.69) is 15.6 Å². The number of aryl methyl sites for hydroxylation is 1. The Kier molecular flexibility index (Phi) is 7.15. The van der Waals surface area contributed by atoms with Gasteiger partial charge in [0.1, 0.15) is 5.69 Å². The predicted molar refractivity (Wildman–Crippen MR) is 105 cm³/mol. The van der Waals surface area contributed by atoms with E-state index in [9.17, 15) is 14.7 Å². The van der Waals surface area contributed by atoms with Crippen molar-refractivity contribution in [3.05, 3.63) is 35.0 Å². The number of ether oxygens (including phenoxy) is 1. The number of hydrogen-bond acceptors (Lipinski definition) is 5. The van der Waals surface area contributed by atoms with E-state index in [0.29, 0.717) is 24.4 Å². The number of aliphatic carboxylic acids is 1. The molecule has 2 N–H and O–H groups in total. The third-order valence-corrected chi connectivity index (χ3v) is 5.18. The molecule has 0 aliphatic carbocycles. The zero-order valence-electron chi connectivity index (χ0n) is 16.4. The van der Waals surface area contributed by atoms with Crippen LogP contribution in [0.4, 0.5) is 0 Å². The van der Waals surface area contributed by atoms with Gasteiger partial charge in [-0.05, 0) is 33.3 Å². The van der Waals surface area contributed by atoms with Crippen molar-refractivity contribution < 1.29 is 19.4 Å². The van der Waals surface area contributed by atoms with Crippen molar-refractivity contribution in [1.82, 2.24) is 20.3 Å². The highest BCUT2D eigenvalue weighted by molar-refractivity contribution is 6.36. The average molecular weight is 409 g/mol. The van der Waals surface area contributed by atoms with Gasteiger partial charge in [-0.1, -0.05) is 28.9 Å². The van der Waals surface area contributed by atoms with Crippen LogP contribution in [-0.2, 0) is 16.1 Å². The van der Waals surface area contributed by atoms with E-state index in [1.54, 1.807) is 57.0 Å². The van der Waals surface area contributed by atoms with Gasteiger partial charge in [0.25, 0.3) is 5.91 Å². The van der Waals surface area contributed by atoms with Crippen molar-refractivity contribution in [2.24, 2.45) is 5.41 Å². The van der Waals surface area contributed by atoms with Crippen molar-refractivity contribution in [2.45, 2.75) is 39.8 Å².